The fourth-order valence-corrected chi connectivity index (χ4v) is 6.70. The van der Waals surface area contributed by atoms with Crippen LogP contribution in [0.15, 0.2) is 36.4 Å². The second-order valence-corrected chi connectivity index (χ2v) is 14.1. The zero-order chi connectivity index (χ0) is 38.8. The molecular weight excluding hydrogens is 678 g/mol. The summed E-state index contributed by atoms with van der Waals surface area (Å²) in [6.45, 7) is 2.05. The smallest absolute Gasteiger partial charge is 0.326 e. The summed E-state index contributed by atoms with van der Waals surface area (Å²) in [7, 11) is 1.42. The average molecular weight is 738 g/mol. The number of nitrogens with two attached hydrogens (primary N) is 1. The Morgan fingerprint density at radius 1 is 0.868 bits per heavy atom. The third kappa shape index (κ3) is 13.7. The first-order chi connectivity index (χ1) is 25.5. The van der Waals surface area contributed by atoms with E-state index in [1.54, 1.807) is 0 Å². The zero-order valence-corrected chi connectivity index (χ0v) is 31.3. The molecule has 0 saturated carbocycles. The van der Waals surface area contributed by atoms with Crippen LogP contribution in [0.25, 0.3) is 11.1 Å². The maximum absolute atomic E-state index is 14.2. The summed E-state index contributed by atoms with van der Waals surface area (Å²) in [6, 6.07) is 5.01. The Kier molecular flexibility index (Phi) is 18.1. The van der Waals surface area contributed by atoms with Gasteiger partial charge in [0.15, 0.2) is 0 Å². The number of rotatable bonds is 20. The minimum absolute atomic E-state index is 0.126. The molecule has 0 aliphatic carbocycles. The van der Waals surface area contributed by atoms with E-state index in [0.29, 0.717) is 37.8 Å². The Bertz CT molecular complexity index is 1530. The normalized spacial score (nSPS) is 16.5. The number of fused-ring (bicyclic) bond motifs is 5. The molecule has 2 aromatic carbocycles. The van der Waals surface area contributed by atoms with Crippen LogP contribution < -0.4 is 21.7 Å². The number of nitrogens with one attached hydrogen (secondary N) is 3. The van der Waals surface area contributed by atoms with Crippen molar-refractivity contribution >= 4 is 29.6 Å². The minimum Gasteiger partial charge on any atom is -0.507 e. The molecule has 3 atom stereocenters. The molecule has 292 valence electrons. The fraction of sp³-hybridized carbons (Fsp3) is 0.575. The fourth-order valence-electron chi connectivity index (χ4n) is 6.70. The molecule has 1 aliphatic rings. The maximum Gasteiger partial charge on any atom is 0.326 e. The number of nitrogens with zero attached hydrogens (tertiary/aromatic N) is 1. The van der Waals surface area contributed by atoms with Crippen molar-refractivity contribution in [2.24, 2.45) is 5.73 Å². The molecule has 2 aromatic rings. The number of carboxylic acid groups (broad SMARTS) is 1. The van der Waals surface area contributed by atoms with Crippen molar-refractivity contribution in [3.63, 3.8) is 0 Å². The van der Waals surface area contributed by atoms with E-state index in [2.05, 4.69) is 22.9 Å². The molecule has 4 amide bonds. The second-order valence-electron chi connectivity index (χ2n) is 14.1. The molecule has 1 aliphatic heterocycles. The van der Waals surface area contributed by atoms with E-state index in [0.717, 1.165) is 19.3 Å². The lowest BCUT2D eigenvalue weighted by Gasteiger charge is -2.32. The van der Waals surface area contributed by atoms with Crippen LogP contribution in [-0.4, -0.2) is 82.0 Å². The van der Waals surface area contributed by atoms with E-state index in [1.807, 2.05) is 0 Å². The van der Waals surface area contributed by atoms with Crippen molar-refractivity contribution in [1.82, 2.24) is 20.9 Å². The second kappa shape index (κ2) is 22.4. The first-order valence-electron chi connectivity index (χ1n) is 19.2. The first-order valence-corrected chi connectivity index (χ1v) is 19.2. The van der Waals surface area contributed by atoms with Crippen molar-refractivity contribution in [2.75, 3.05) is 20.1 Å². The topological polar surface area (TPSA) is 211 Å². The molecule has 0 saturated heterocycles. The van der Waals surface area contributed by atoms with E-state index in [9.17, 15) is 39.3 Å². The molecular formula is C40H59N5O8. The van der Waals surface area contributed by atoms with Crippen molar-refractivity contribution < 1.29 is 39.3 Å². The van der Waals surface area contributed by atoms with Gasteiger partial charge >= 0.3 is 5.97 Å². The number of hydrogen-bond donors (Lipinski definition) is 7. The monoisotopic (exact) mass is 737 g/mol. The summed E-state index contributed by atoms with van der Waals surface area (Å²) in [5, 5.41) is 39.2. The average Bonchev–Trinajstić information content (AvgIpc) is 3.13. The first kappa shape index (κ1) is 42.8. The summed E-state index contributed by atoms with van der Waals surface area (Å²) >= 11 is 0. The molecule has 0 unspecified atom stereocenters. The van der Waals surface area contributed by atoms with Crippen molar-refractivity contribution in [1.29, 1.82) is 0 Å². The number of carbonyl (C=O) groups excluding carboxylic acids is 4. The van der Waals surface area contributed by atoms with Gasteiger partial charge in [-0.2, -0.15) is 0 Å². The van der Waals surface area contributed by atoms with Gasteiger partial charge in [-0.15, -0.1) is 0 Å². The number of carboxylic acids is 1. The number of likely N-dealkylation sites (N-methyl/N-ethyl adjacent to an activating group) is 1. The number of unbranched alkanes of at least 4 members (excludes halogenated alkanes) is 11. The van der Waals surface area contributed by atoms with Gasteiger partial charge in [-0.05, 0) is 67.6 Å². The summed E-state index contributed by atoms with van der Waals surface area (Å²) < 4.78 is 0. The minimum atomic E-state index is -1.34. The van der Waals surface area contributed by atoms with Crippen LogP contribution in [-0.2, 0) is 30.4 Å². The number of aromatic hydroxyl groups is 2. The Morgan fingerprint density at radius 2 is 1.47 bits per heavy atom. The lowest BCUT2D eigenvalue weighted by molar-refractivity contribution is -0.143. The van der Waals surface area contributed by atoms with Gasteiger partial charge in [0, 0.05) is 31.0 Å². The number of phenolic OH excluding ortho intramolecular Hbond substituents is 2. The molecule has 0 fully saturated rings. The van der Waals surface area contributed by atoms with Crippen LogP contribution in [0.4, 0.5) is 0 Å². The van der Waals surface area contributed by atoms with Gasteiger partial charge in [0.05, 0.1) is 6.54 Å². The molecule has 0 spiro atoms. The van der Waals surface area contributed by atoms with Gasteiger partial charge < -0.3 is 41.9 Å². The highest BCUT2D eigenvalue weighted by molar-refractivity contribution is 5.95. The Labute approximate surface area is 313 Å². The summed E-state index contributed by atoms with van der Waals surface area (Å²) in [5.41, 5.74) is 6.76. The summed E-state index contributed by atoms with van der Waals surface area (Å²) in [4.78, 5) is 67.1. The van der Waals surface area contributed by atoms with Gasteiger partial charge in [-0.3, -0.25) is 19.2 Å². The van der Waals surface area contributed by atoms with Gasteiger partial charge in [-0.25, -0.2) is 4.79 Å². The molecule has 13 nitrogen and oxygen atoms in total. The lowest BCUT2D eigenvalue weighted by atomic mass is 9.94. The van der Waals surface area contributed by atoms with Crippen LogP contribution >= 0.6 is 0 Å². The molecule has 1 heterocycles. The molecule has 8 N–H and O–H groups in total. The Hall–Kier alpha value is -4.65. The van der Waals surface area contributed by atoms with Crippen LogP contribution in [0.1, 0.15) is 120 Å². The maximum atomic E-state index is 14.2. The Balaban J connectivity index is 1.80. The van der Waals surface area contributed by atoms with Gasteiger partial charge in [-0.1, -0.05) is 83.3 Å². The van der Waals surface area contributed by atoms with Crippen LogP contribution in [0.2, 0.25) is 0 Å². The van der Waals surface area contributed by atoms with Crippen LogP contribution in [0.5, 0.6) is 11.5 Å². The van der Waals surface area contributed by atoms with Crippen LogP contribution in [0.3, 0.4) is 0 Å². The number of aliphatic carboxylic acids is 1. The van der Waals surface area contributed by atoms with Crippen molar-refractivity contribution in [3.8, 4) is 22.6 Å². The van der Waals surface area contributed by atoms with Crippen molar-refractivity contribution in [2.45, 2.75) is 128 Å². The quantitative estimate of drug-likeness (QED) is 0.0928. The third-order valence-corrected chi connectivity index (χ3v) is 9.75. The SMILES string of the molecule is CCCCCCCCCCCCCC(=O)N[C@@H](CCCCN)C(=O)N(C)[C@@H]1C(=O)NCC(=O)N[C@H](C(=O)O)Cc2ccc(O)c(c2)-c2cc1ccc2O. The predicted molar refractivity (Wildman–Crippen MR) is 203 cm³/mol. The highest BCUT2D eigenvalue weighted by Gasteiger charge is 2.34. The standard InChI is InChI=1S/C40H59N5O8/c1-3-4-5-6-7-8-9-10-11-12-13-17-35(48)43-31(16-14-15-22-41)39(51)45(2)37-28-19-21-34(47)30(25-28)29-23-27(18-20-33(29)46)24-32(40(52)53)44-36(49)26-42-38(37)50/h18-21,23,25,31-32,37,46-47H,3-17,22,24,26,41H2,1-2H3,(H,42,50)(H,43,48)(H,44,49)(H,52,53)/t31-,32-,37-/m0/s1. The highest BCUT2D eigenvalue weighted by Crippen LogP contribution is 2.38. The number of phenols is 2. The van der Waals surface area contributed by atoms with Crippen LogP contribution in [0, 0.1) is 0 Å². The van der Waals surface area contributed by atoms with E-state index >= 15 is 0 Å². The zero-order valence-electron chi connectivity index (χ0n) is 31.3. The molecule has 4 bridgehead atoms. The number of hydrogen-bond acceptors (Lipinski definition) is 8. The molecule has 0 aromatic heterocycles. The Morgan fingerprint density at radius 3 is 2.09 bits per heavy atom. The van der Waals surface area contributed by atoms with Gasteiger partial charge in [0.25, 0.3) is 0 Å². The summed E-state index contributed by atoms with van der Waals surface area (Å²) in [5.74, 6) is -4.04. The summed E-state index contributed by atoms with van der Waals surface area (Å²) in [6.07, 6.45) is 14.3. The number of carbonyl (C=O) groups is 5. The number of benzene rings is 2. The third-order valence-electron chi connectivity index (χ3n) is 9.75. The van der Waals surface area contributed by atoms with E-state index in [4.69, 9.17) is 5.73 Å². The molecule has 53 heavy (non-hydrogen) atoms. The van der Waals surface area contributed by atoms with E-state index < -0.39 is 48.4 Å². The molecule has 3 rings (SSSR count). The molecule has 0 radical (unpaired) electrons. The molecule has 13 heteroatoms. The lowest BCUT2D eigenvalue weighted by Crippen LogP contribution is -2.52. The largest absolute Gasteiger partial charge is 0.507 e. The van der Waals surface area contributed by atoms with Gasteiger partial charge in [0.1, 0.15) is 29.6 Å². The number of amides is 4. The van der Waals surface area contributed by atoms with E-state index in [-0.39, 0.29) is 46.9 Å². The highest BCUT2D eigenvalue weighted by atomic mass is 16.4. The van der Waals surface area contributed by atoms with E-state index in [1.165, 1.54) is 93.3 Å². The predicted octanol–water partition coefficient (Wildman–Crippen LogP) is 4.82. The van der Waals surface area contributed by atoms with Gasteiger partial charge in [0.2, 0.25) is 23.6 Å². The van der Waals surface area contributed by atoms with Crippen molar-refractivity contribution in [3.05, 3.63) is 47.5 Å².